The lowest BCUT2D eigenvalue weighted by atomic mass is 9.93. The first kappa shape index (κ1) is 25.8. The number of alkyl halides is 3. The standard InChI is InChI=1S/C26H29F4N3O3/c1-35-23-7-3-15(10-24(31)34)21-12-19(14-36-25(21)23)33-18(8-9-26(28,29)30)5-2-16-13-32-22-6-4-17(27)11-20(16)22/h3-4,6-7,11,13,18-19,32-33H,2,5,8-10,12,14H2,1H3,(H2,31,34)/t18?,19-/m1/s1. The van der Waals surface area contributed by atoms with Crippen molar-refractivity contribution in [2.24, 2.45) is 5.73 Å². The van der Waals surface area contributed by atoms with E-state index in [9.17, 15) is 22.4 Å². The Kier molecular flexibility index (Phi) is 7.73. The fourth-order valence-corrected chi connectivity index (χ4v) is 4.81. The first-order valence-corrected chi connectivity index (χ1v) is 11.8. The second-order valence-corrected chi connectivity index (χ2v) is 9.15. The van der Waals surface area contributed by atoms with Crippen molar-refractivity contribution in [3.05, 3.63) is 59.0 Å². The highest BCUT2D eigenvalue weighted by atomic mass is 19.4. The molecule has 0 saturated heterocycles. The second-order valence-electron chi connectivity index (χ2n) is 9.15. The first-order valence-electron chi connectivity index (χ1n) is 11.8. The monoisotopic (exact) mass is 507 g/mol. The van der Waals surface area contributed by atoms with Crippen LogP contribution in [0.25, 0.3) is 10.9 Å². The Morgan fingerprint density at radius 3 is 2.78 bits per heavy atom. The molecule has 4 N–H and O–H groups in total. The van der Waals surface area contributed by atoms with E-state index in [0.717, 1.165) is 22.0 Å². The van der Waals surface area contributed by atoms with Gasteiger partial charge in [-0.2, -0.15) is 13.2 Å². The van der Waals surface area contributed by atoms with Gasteiger partial charge in [0.15, 0.2) is 11.5 Å². The molecule has 1 amide bonds. The van der Waals surface area contributed by atoms with Crippen molar-refractivity contribution in [2.45, 2.75) is 56.8 Å². The number of aromatic nitrogens is 1. The number of nitrogens with two attached hydrogens (primary N) is 1. The molecule has 3 aromatic rings. The number of carbonyl (C=O) groups excluding carboxylic acids is 1. The van der Waals surface area contributed by atoms with Gasteiger partial charge in [0, 0.05) is 41.2 Å². The van der Waals surface area contributed by atoms with Crippen molar-refractivity contribution in [1.29, 1.82) is 0 Å². The molecular weight excluding hydrogens is 478 g/mol. The van der Waals surface area contributed by atoms with Crippen LogP contribution < -0.4 is 20.5 Å². The number of aryl methyl sites for hydroxylation is 1. The molecule has 2 atom stereocenters. The summed E-state index contributed by atoms with van der Waals surface area (Å²) in [6, 6.07) is 7.17. The SMILES string of the molecule is COc1ccc(CC(N)=O)c2c1OC[C@H](NC(CCc1c[nH]c3ccc(F)cc13)CCC(F)(F)F)C2. The summed E-state index contributed by atoms with van der Waals surface area (Å²) in [5, 5.41) is 4.07. The van der Waals surface area contributed by atoms with Gasteiger partial charge in [-0.1, -0.05) is 6.07 Å². The van der Waals surface area contributed by atoms with Crippen molar-refractivity contribution in [3.63, 3.8) is 0 Å². The van der Waals surface area contributed by atoms with Gasteiger partial charge >= 0.3 is 6.18 Å². The number of primary amides is 1. The van der Waals surface area contributed by atoms with E-state index in [1.807, 2.05) is 0 Å². The van der Waals surface area contributed by atoms with Gasteiger partial charge in [0.25, 0.3) is 0 Å². The summed E-state index contributed by atoms with van der Waals surface area (Å²) in [6.45, 7) is 0.240. The number of methoxy groups -OCH3 is 1. The minimum absolute atomic E-state index is 0.0248. The number of benzene rings is 2. The molecule has 1 unspecified atom stereocenters. The summed E-state index contributed by atoms with van der Waals surface area (Å²) in [5.74, 6) is 0.199. The topological polar surface area (TPSA) is 89.4 Å². The Bertz CT molecular complexity index is 1230. The summed E-state index contributed by atoms with van der Waals surface area (Å²) >= 11 is 0. The zero-order chi connectivity index (χ0) is 25.9. The van der Waals surface area contributed by atoms with Crippen LogP contribution in [0, 0.1) is 5.82 Å². The van der Waals surface area contributed by atoms with Crippen LogP contribution in [0.5, 0.6) is 11.5 Å². The zero-order valence-corrected chi connectivity index (χ0v) is 19.9. The molecule has 36 heavy (non-hydrogen) atoms. The number of amides is 1. The van der Waals surface area contributed by atoms with Crippen LogP contribution in [0.1, 0.15) is 36.0 Å². The minimum atomic E-state index is -4.28. The molecular formula is C26H29F4N3O3. The van der Waals surface area contributed by atoms with E-state index in [1.165, 1.54) is 19.2 Å². The molecule has 10 heteroatoms. The molecule has 1 aromatic heterocycles. The predicted octanol–water partition coefficient (Wildman–Crippen LogP) is 4.58. The Balaban J connectivity index is 1.50. The van der Waals surface area contributed by atoms with E-state index in [2.05, 4.69) is 10.3 Å². The van der Waals surface area contributed by atoms with E-state index in [4.69, 9.17) is 15.2 Å². The van der Waals surface area contributed by atoms with Crippen LogP contribution in [0.4, 0.5) is 17.6 Å². The Labute approximate surface area is 206 Å². The second kappa shape index (κ2) is 10.8. The number of rotatable bonds is 10. The Morgan fingerprint density at radius 2 is 2.06 bits per heavy atom. The number of hydrogen-bond donors (Lipinski definition) is 3. The van der Waals surface area contributed by atoms with Crippen LogP contribution in [-0.4, -0.2) is 42.9 Å². The average Bonchev–Trinajstić information content (AvgIpc) is 3.22. The number of hydrogen-bond acceptors (Lipinski definition) is 4. The van der Waals surface area contributed by atoms with Gasteiger partial charge in [0.1, 0.15) is 12.4 Å². The van der Waals surface area contributed by atoms with Crippen molar-refractivity contribution in [1.82, 2.24) is 10.3 Å². The first-order chi connectivity index (χ1) is 17.1. The highest BCUT2D eigenvalue weighted by Gasteiger charge is 2.31. The van der Waals surface area contributed by atoms with E-state index < -0.39 is 24.5 Å². The largest absolute Gasteiger partial charge is 0.493 e. The summed E-state index contributed by atoms with van der Waals surface area (Å²) in [5.41, 5.74) is 8.49. The molecule has 0 bridgehead atoms. The number of ether oxygens (including phenoxy) is 2. The lowest BCUT2D eigenvalue weighted by Gasteiger charge is -2.32. The molecule has 1 aliphatic heterocycles. The van der Waals surface area contributed by atoms with Crippen LogP contribution in [0.3, 0.4) is 0 Å². The lowest BCUT2D eigenvalue weighted by molar-refractivity contribution is -0.136. The van der Waals surface area contributed by atoms with Gasteiger partial charge in [-0.3, -0.25) is 4.79 Å². The van der Waals surface area contributed by atoms with Crippen LogP contribution in [0.15, 0.2) is 36.5 Å². The number of fused-ring (bicyclic) bond motifs is 2. The van der Waals surface area contributed by atoms with E-state index in [0.29, 0.717) is 36.3 Å². The molecule has 0 fully saturated rings. The fraction of sp³-hybridized carbons (Fsp3) is 0.423. The van der Waals surface area contributed by atoms with Gasteiger partial charge in [-0.05, 0) is 61.1 Å². The van der Waals surface area contributed by atoms with Gasteiger partial charge < -0.3 is 25.5 Å². The van der Waals surface area contributed by atoms with E-state index >= 15 is 0 Å². The zero-order valence-electron chi connectivity index (χ0n) is 19.9. The van der Waals surface area contributed by atoms with Crippen LogP contribution in [-0.2, 0) is 24.1 Å². The summed E-state index contributed by atoms with van der Waals surface area (Å²) < 4.78 is 64.2. The quantitative estimate of drug-likeness (QED) is 0.351. The van der Waals surface area contributed by atoms with Crippen molar-refractivity contribution in [3.8, 4) is 11.5 Å². The molecule has 194 valence electrons. The van der Waals surface area contributed by atoms with Crippen molar-refractivity contribution in [2.75, 3.05) is 13.7 Å². The lowest BCUT2D eigenvalue weighted by Crippen LogP contribution is -2.46. The van der Waals surface area contributed by atoms with Crippen LogP contribution in [0.2, 0.25) is 0 Å². The molecule has 0 saturated carbocycles. The van der Waals surface area contributed by atoms with Gasteiger partial charge in [-0.25, -0.2) is 4.39 Å². The van der Waals surface area contributed by atoms with Crippen molar-refractivity contribution < 1.29 is 31.8 Å². The third-order valence-electron chi connectivity index (χ3n) is 6.52. The molecule has 4 rings (SSSR count). The highest BCUT2D eigenvalue weighted by Crippen LogP contribution is 2.37. The molecule has 6 nitrogen and oxygen atoms in total. The number of H-pyrrole nitrogens is 1. The maximum absolute atomic E-state index is 13.7. The summed E-state index contributed by atoms with van der Waals surface area (Å²) in [7, 11) is 1.51. The Hall–Kier alpha value is -3.27. The van der Waals surface area contributed by atoms with Crippen LogP contribution >= 0.6 is 0 Å². The molecule has 1 aliphatic rings. The van der Waals surface area contributed by atoms with Crippen molar-refractivity contribution >= 4 is 16.8 Å². The molecule has 2 heterocycles. The third kappa shape index (κ3) is 6.29. The molecule has 0 spiro atoms. The molecule has 2 aromatic carbocycles. The molecule has 0 aliphatic carbocycles. The number of aromatic amines is 1. The van der Waals surface area contributed by atoms with Gasteiger partial charge in [-0.15, -0.1) is 0 Å². The van der Waals surface area contributed by atoms with Gasteiger partial charge in [0.05, 0.1) is 13.5 Å². The third-order valence-corrected chi connectivity index (χ3v) is 6.52. The van der Waals surface area contributed by atoms with Gasteiger partial charge in [0.2, 0.25) is 5.91 Å². The number of nitrogens with one attached hydrogen (secondary N) is 2. The van der Waals surface area contributed by atoms with E-state index in [1.54, 1.807) is 24.4 Å². The number of halogens is 4. The summed E-state index contributed by atoms with van der Waals surface area (Å²) in [4.78, 5) is 14.6. The minimum Gasteiger partial charge on any atom is -0.493 e. The summed E-state index contributed by atoms with van der Waals surface area (Å²) in [6.07, 6.45) is -2.14. The average molecular weight is 508 g/mol. The maximum Gasteiger partial charge on any atom is 0.389 e. The number of carbonyl (C=O) groups is 1. The van der Waals surface area contributed by atoms with E-state index in [-0.39, 0.29) is 31.3 Å². The fourth-order valence-electron chi connectivity index (χ4n) is 4.81. The smallest absolute Gasteiger partial charge is 0.389 e. The maximum atomic E-state index is 13.7. The molecule has 0 radical (unpaired) electrons. The highest BCUT2D eigenvalue weighted by molar-refractivity contribution is 5.83. The Morgan fingerprint density at radius 1 is 1.25 bits per heavy atom. The normalized spacial score (nSPS) is 16.4. The predicted molar refractivity (Wildman–Crippen MR) is 128 cm³/mol.